The third-order valence-electron chi connectivity index (χ3n) is 6.58. The minimum atomic E-state index is -0.706. The summed E-state index contributed by atoms with van der Waals surface area (Å²) in [5.74, 6) is 0.638. The molecule has 0 saturated carbocycles. The fraction of sp³-hybridized carbons (Fsp3) is 0.219. The molecule has 5 rings (SSSR count). The molecule has 0 N–H and O–H groups in total. The maximum Gasteiger partial charge on any atom is 0.338 e. The van der Waals surface area contributed by atoms with Gasteiger partial charge in [0, 0.05) is 10.0 Å². The first-order valence-corrected chi connectivity index (χ1v) is 15.0. The average molecular weight is 624 g/mol. The minimum Gasteiger partial charge on any atom is -0.490 e. The van der Waals surface area contributed by atoms with Crippen LogP contribution in [0.4, 0.5) is 0 Å². The average Bonchev–Trinajstić information content (AvgIpc) is 3.27. The molecular formula is C32H28Cl2N2O5S. The van der Waals surface area contributed by atoms with Crippen molar-refractivity contribution in [2.24, 2.45) is 4.99 Å². The van der Waals surface area contributed by atoms with Gasteiger partial charge in [-0.1, -0.05) is 64.9 Å². The molecule has 4 aromatic rings. The molecule has 216 valence electrons. The first kappa shape index (κ1) is 29.6. The molecule has 10 heteroatoms. The van der Waals surface area contributed by atoms with Crippen LogP contribution in [0.15, 0.2) is 87.8 Å². The molecule has 0 spiro atoms. The highest BCUT2D eigenvalue weighted by Crippen LogP contribution is 2.32. The van der Waals surface area contributed by atoms with Gasteiger partial charge in [0.05, 0.1) is 35.1 Å². The smallest absolute Gasteiger partial charge is 0.338 e. The number of aromatic nitrogens is 1. The monoisotopic (exact) mass is 622 g/mol. The van der Waals surface area contributed by atoms with Crippen LogP contribution in [0.5, 0.6) is 11.5 Å². The van der Waals surface area contributed by atoms with Crippen LogP contribution in [-0.2, 0) is 16.1 Å². The number of carbonyl (C=O) groups is 1. The third-order valence-corrected chi connectivity index (χ3v) is 8.06. The van der Waals surface area contributed by atoms with Gasteiger partial charge < -0.3 is 14.2 Å². The summed E-state index contributed by atoms with van der Waals surface area (Å²) in [5, 5.41) is 1.21. The fourth-order valence-electron chi connectivity index (χ4n) is 4.65. The number of rotatable bonds is 9. The second-order valence-corrected chi connectivity index (χ2v) is 11.3. The summed E-state index contributed by atoms with van der Waals surface area (Å²) in [6.45, 7) is 6.39. The molecule has 0 radical (unpaired) electrons. The van der Waals surface area contributed by atoms with E-state index in [1.165, 1.54) is 11.3 Å². The van der Waals surface area contributed by atoms with Crippen molar-refractivity contribution >= 4 is 46.6 Å². The Morgan fingerprint density at radius 1 is 0.952 bits per heavy atom. The van der Waals surface area contributed by atoms with Crippen LogP contribution in [0.25, 0.3) is 6.08 Å². The van der Waals surface area contributed by atoms with E-state index in [1.807, 2.05) is 49.4 Å². The molecule has 7 nitrogen and oxygen atoms in total. The van der Waals surface area contributed by atoms with Crippen molar-refractivity contribution in [3.63, 3.8) is 0 Å². The number of nitrogens with zero attached hydrogens (tertiary/aromatic N) is 2. The summed E-state index contributed by atoms with van der Waals surface area (Å²) >= 11 is 13.4. The Labute approximate surface area is 256 Å². The van der Waals surface area contributed by atoms with E-state index in [1.54, 1.807) is 48.8 Å². The summed E-state index contributed by atoms with van der Waals surface area (Å²) < 4.78 is 19.3. The number of carbonyl (C=O) groups excluding carboxylic acids is 1. The zero-order valence-electron chi connectivity index (χ0n) is 23.2. The normalized spacial score (nSPS) is 14.8. The Morgan fingerprint density at radius 2 is 1.64 bits per heavy atom. The topological polar surface area (TPSA) is 79.1 Å². The molecule has 0 unspecified atom stereocenters. The van der Waals surface area contributed by atoms with Gasteiger partial charge in [-0.25, -0.2) is 9.79 Å². The second kappa shape index (κ2) is 13.0. The third kappa shape index (κ3) is 6.31. The molecule has 0 aliphatic carbocycles. The molecule has 1 aromatic heterocycles. The van der Waals surface area contributed by atoms with E-state index in [-0.39, 0.29) is 12.2 Å². The number of esters is 1. The van der Waals surface area contributed by atoms with Crippen LogP contribution >= 0.6 is 34.5 Å². The van der Waals surface area contributed by atoms with Gasteiger partial charge in [0.15, 0.2) is 16.3 Å². The molecule has 2 heterocycles. The van der Waals surface area contributed by atoms with Crippen molar-refractivity contribution in [2.45, 2.75) is 33.4 Å². The van der Waals surface area contributed by atoms with Gasteiger partial charge in [0.1, 0.15) is 6.61 Å². The number of hydrogen-bond acceptors (Lipinski definition) is 7. The molecule has 1 aliphatic heterocycles. The van der Waals surface area contributed by atoms with E-state index in [4.69, 9.17) is 37.4 Å². The van der Waals surface area contributed by atoms with E-state index in [2.05, 4.69) is 4.99 Å². The van der Waals surface area contributed by atoms with Crippen LogP contribution in [0, 0.1) is 0 Å². The number of benzene rings is 3. The molecule has 42 heavy (non-hydrogen) atoms. The standard InChI is InChI=1S/C32H28Cl2N2O5S/c1-4-39-26-16-21(8-15-25(26)41-18-20-6-11-23(33)12-7-20)17-27-30(37)36-29(22-9-13-24(34)14-10-22)28(31(38)40-5-2)19(3)35-32(36)42-27/h6-17,29H,4-5,18H2,1-3H3/b27-17-/t29-/m1/s1. The highest BCUT2D eigenvalue weighted by atomic mass is 35.5. The van der Waals surface area contributed by atoms with Gasteiger partial charge in [0.2, 0.25) is 0 Å². The van der Waals surface area contributed by atoms with Crippen LogP contribution in [0.2, 0.25) is 10.0 Å². The van der Waals surface area contributed by atoms with E-state index >= 15 is 0 Å². The van der Waals surface area contributed by atoms with Gasteiger partial charge in [-0.2, -0.15) is 0 Å². The predicted octanol–water partition coefficient (Wildman–Crippen LogP) is 6.08. The van der Waals surface area contributed by atoms with Gasteiger partial charge in [0.25, 0.3) is 5.56 Å². The molecule has 0 bridgehead atoms. The summed E-state index contributed by atoms with van der Waals surface area (Å²) in [5.41, 5.74) is 3.01. The van der Waals surface area contributed by atoms with E-state index in [9.17, 15) is 9.59 Å². The lowest BCUT2D eigenvalue weighted by Gasteiger charge is -2.24. The molecule has 0 amide bonds. The van der Waals surface area contributed by atoms with Crippen molar-refractivity contribution < 1.29 is 19.0 Å². The number of fused-ring (bicyclic) bond motifs is 1. The minimum absolute atomic E-state index is 0.203. The van der Waals surface area contributed by atoms with Crippen LogP contribution < -0.4 is 24.4 Å². The van der Waals surface area contributed by atoms with Crippen molar-refractivity contribution in [2.75, 3.05) is 13.2 Å². The number of ether oxygens (including phenoxy) is 3. The Kier molecular flexibility index (Phi) is 9.16. The Balaban J connectivity index is 1.54. The summed E-state index contributed by atoms with van der Waals surface area (Å²) in [6, 6.07) is 19.3. The lowest BCUT2D eigenvalue weighted by atomic mass is 9.96. The fourth-order valence-corrected chi connectivity index (χ4v) is 5.95. The summed E-state index contributed by atoms with van der Waals surface area (Å²) in [6.07, 6.45) is 1.79. The Bertz CT molecular complexity index is 1830. The van der Waals surface area contributed by atoms with Crippen LogP contribution in [-0.4, -0.2) is 23.8 Å². The van der Waals surface area contributed by atoms with Crippen LogP contribution in [0.3, 0.4) is 0 Å². The lowest BCUT2D eigenvalue weighted by molar-refractivity contribution is -0.139. The molecule has 3 aromatic carbocycles. The zero-order valence-corrected chi connectivity index (χ0v) is 25.6. The van der Waals surface area contributed by atoms with Gasteiger partial charge in [-0.3, -0.25) is 9.36 Å². The highest BCUT2D eigenvalue weighted by Gasteiger charge is 2.33. The van der Waals surface area contributed by atoms with Crippen molar-refractivity contribution in [1.29, 1.82) is 0 Å². The zero-order chi connectivity index (χ0) is 29.8. The number of thiazole rings is 1. The second-order valence-electron chi connectivity index (χ2n) is 9.41. The molecular weight excluding hydrogens is 595 g/mol. The molecule has 1 aliphatic rings. The Morgan fingerprint density at radius 3 is 2.31 bits per heavy atom. The number of allylic oxidation sites excluding steroid dienone is 1. The van der Waals surface area contributed by atoms with Gasteiger partial charge >= 0.3 is 5.97 Å². The van der Waals surface area contributed by atoms with Crippen LogP contribution in [0.1, 0.15) is 43.5 Å². The number of hydrogen-bond donors (Lipinski definition) is 0. The SMILES string of the molecule is CCOC(=O)C1=C(C)N=c2s/c(=C\c3ccc(OCc4ccc(Cl)cc4)c(OCC)c3)c(=O)n2[C@@H]1c1ccc(Cl)cc1. The summed E-state index contributed by atoms with van der Waals surface area (Å²) in [4.78, 5) is 32.0. The van der Waals surface area contributed by atoms with Crippen molar-refractivity contribution in [1.82, 2.24) is 4.57 Å². The van der Waals surface area contributed by atoms with Crippen molar-refractivity contribution in [3.8, 4) is 11.5 Å². The molecule has 0 fully saturated rings. The van der Waals surface area contributed by atoms with Gasteiger partial charge in [-0.15, -0.1) is 0 Å². The van der Waals surface area contributed by atoms with Crippen molar-refractivity contribution in [3.05, 3.63) is 124 Å². The Hall–Kier alpha value is -3.85. The lowest BCUT2D eigenvalue weighted by Crippen LogP contribution is -2.39. The highest BCUT2D eigenvalue weighted by molar-refractivity contribution is 7.07. The van der Waals surface area contributed by atoms with E-state index < -0.39 is 12.0 Å². The van der Waals surface area contributed by atoms with E-state index in [0.717, 1.165) is 16.7 Å². The molecule has 1 atom stereocenters. The van der Waals surface area contributed by atoms with E-state index in [0.29, 0.717) is 55.4 Å². The predicted molar refractivity (Wildman–Crippen MR) is 165 cm³/mol. The largest absolute Gasteiger partial charge is 0.490 e. The quantitative estimate of drug-likeness (QED) is 0.211. The summed E-state index contributed by atoms with van der Waals surface area (Å²) in [7, 11) is 0. The number of halogens is 2. The molecule has 0 saturated heterocycles. The maximum absolute atomic E-state index is 13.9. The maximum atomic E-state index is 13.9. The first-order chi connectivity index (χ1) is 20.3. The first-order valence-electron chi connectivity index (χ1n) is 13.4. The van der Waals surface area contributed by atoms with Gasteiger partial charge in [-0.05, 0) is 79.9 Å².